The van der Waals surface area contributed by atoms with Crippen molar-refractivity contribution in [3.63, 3.8) is 0 Å². The molecule has 2 rings (SSSR count). The second-order valence-electron chi connectivity index (χ2n) is 3.77. The van der Waals surface area contributed by atoms with Crippen molar-refractivity contribution in [2.75, 3.05) is 5.32 Å². The zero-order valence-electron chi connectivity index (χ0n) is 9.58. The number of hydrogen-bond acceptors (Lipinski definition) is 3. The SMILES string of the molecule is CC(Nc1cccc(F)c1C#N)c1sccc1Br. The summed E-state index contributed by atoms with van der Waals surface area (Å²) in [5.41, 5.74) is 0.572. The molecule has 0 saturated carbocycles. The zero-order chi connectivity index (χ0) is 13.1. The van der Waals surface area contributed by atoms with E-state index < -0.39 is 5.82 Å². The summed E-state index contributed by atoms with van der Waals surface area (Å²) in [6, 6.07) is 8.45. The lowest BCUT2D eigenvalue weighted by molar-refractivity contribution is 0.624. The predicted molar refractivity (Wildman–Crippen MR) is 75.2 cm³/mol. The van der Waals surface area contributed by atoms with Crippen molar-refractivity contribution in [2.45, 2.75) is 13.0 Å². The van der Waals surface area contributed by atoms with Crippen LogP contribution in [0, 0.1) is 17.1 Å². The third-order valence-corrected chi connectivity index (χ3v) is 4.59. The molecule has 1 unspecified atom stereocenters. The minimum absolute atomic E-state index is 0.00766. The van der Waals surface area contributed by atoms with Crippen LogP contribution in [-0.4, -0.2) is 0 Å². The number of thiophene rings is 1. The Hall–Kier alpha value is -1.38. The molecule has 1 heterocycles. The molecule has 0 aliphatic carbocycles. The van der Waals surface area contributed by atoms with Gasteiger partial charge in [0.25, 0.3) is 0 Å². The fourth-order valence-corrected chi connectivity index (χ4v) is 3.40. The number of nitrogens with zero attached hydrogens (tertiary/aromatic N) is 1. The van der Waals surface area contributed by atoms with E-state index in [2.05, 4.69) is 21.2 Å². The summed E-state index contributed by atoms with van der Waals surface area (Å²) in [7, 11) is 0. The monoisotopic (exact) mass is 324 g/mol. The van der Waals surface area contributed by atoms with E-state index in [0.717, 1.165) is 9.35 Å². The summed E-state index contributed by atoms with van der Waals surface area (Å²) in [6.07, 6.45) is 0. The smallest absolute Gasteiger partial charge is 0.143 e. The van der Waals surface area contributed by atoms with Gasteiger partial charge in [0.05, 0.1) is 11.7 Å². The lowest BCUT2D eigenvalue weighted by atomic mass is 10.1. The zero-order valence-corrected chi connectivity index (χ0v) is 12.0. The van der Waals surface area contributed by atoms with Crippen LogP contribution in [-0.2, 0) is 0 Å². The van der Waals surface area contributed by atoms with Gasteiger partial charge in [-0.15, -0.1) is 11.3 Å². The average Bonchev–Trinajstić information content (AvgIpc) is 2.76. The minimum atomic E-state index is -0.500. The standard InChI is InChI=1S/C13H10BrFN2S/c1-8(13-10(14)5-6-18-13)17-12-4-2-3-11(15)9(12)7-16/h2-6,8,17H,1H3. The van der Waals surface area contributed by atoms with E-state index in [1.54, 1.807) is 23.5 Å². The Labute approximate surface area is 117 Å². The van der Waals surface area contributed by atoms with E-state index in [1.807, 2.05) is 24.4 Å². The molecule has 0 aliphatic rings. The van der Waals surface area contributed by atoms with Gasteiger partial charge in [-0.25, -0.2) is 4.39 Å². The highest BCUT2D eigenvalue weighted by atomic mass is 79.9. The minimum Gasteiger partial charge on any atom is -0.377 e. The first-order chi connectivity index (χ1) is 8.63. The van der Waals surface area contributed by atoms with Gasteiger partial charge in [-0.1, -0.05) is 6.07 Å². The molecule has 1 aromatic heterocycles. The third kappa shape index (κ3) is 2.55. The van der Waals surface area contributed by atoms with Crippen LogP contribution < -0.4 is 5.32 Å². The number of anilines is 1. The molecule has 18 heavy (non-hydrogen) atoms. The summed E-state index contributed by atoms with van der Waals surface area (Å²) in [6.45, 7) is 1.97. The average molecular weight is 325 g/mol. The normalized spacial score (nSPS) is 11.9. The van der Waals surface area contributed by atoms with Gasteiger partial charge in [0.2, 0.25) is 0 Å². The molecule has 0 aliphatic heterocycles. The van der Waals surface area contributed by atoms with Gasteiger partial charge in [0.1, 0.15) is 17.4 Å². The van der Waals surface area contributed by atoms with Crippen LogP contribution in [0.15, 0.2) is 34.1 Å². The molecular weight excluding hydrogens is 315 g/mol. The Kier molecular flexibility index (Phi) is 4.00. The molecule has 0 bridgehead atoms. The van der Waals surface area contributed by atoms with Crippen molar-refractivity contribution in [1.29, 1.82) is 5.26 Å². The van der Waals surface area contributed by atoms with E-state index in [1.165, 1.54) is 6.07 Å². The number of nitrogens with one attached hydrogen (secondary N) is 1. The highest BCUT2D eigenvalue weighted by molar-refractivity contribution is 9.10. The number of halogens is 2. The Morgan fingerprint density at radius 1 is 1.44 bits per heavy atom. The first kappa shape index (κ1) is 13.1. The molecule has 2 aromatic rings. The highest BCUT2D eigenvalue weighted by Crippen LogP contribution is 2.32. The Morgan fingerprint density at radius 2 is 2.22 bits per heavy atom. The van der Waals surface area contributed by atoms with Crippen molar-refractivity contribution in [3.8, 4) is 6.07 Å². The third-order valence-electron chi connectivity index (χ3n) is 2.54. The van der Waals surface area contributed by atoms with Crippen molar-refractivity contribution < 1.29 is 4.39 Å². The molecule has 0 amide bonds. The second-order valence-corrected chi connectivity index (χ2v) is 5.58. The Balaban J connectivity index is 2.28. The van der Waals surface area contributed by atoms with Crippen molar-refractivity contribution in [2.24, 2.45) is 0 Å². The van der Waals surface area contributed by atoms with Gasteiger partial charge >= 0.3 is 0 Å². The van der Waals surface area contributed by atoms with Gasteiger partial charge < -0.3 is 5.32 Å². The number of hydrogen-bond donors (Lipinski definition) is 1. The van der Waals surface area contributed by atoms with Crippen molar-refractivity contribution >= 4 is 33.0 Å². The van der Waals surface area contributed by atoms with Gasteiger partial charge in [-0.3, -0.25) is 0 Å². The molecule has 2 nitrogen and oxygen atoms in total. The largest absolute Gasteiger partial charge is 0.377 e. The topological polar surface area (TPSA) is 35.8 Å². The maximum atomic E-state index is 13.5. The second kappa shape index (κ2) is 5.51. The van der Waals surface area contributed by atoms with Crippen LogP contribution in [0.5, 0.6) is 0 Å². The molecule has 92 valence electrons. The predicted octanol–water partition coefficient (Wildman–Crippen LogP) is 4.69. The van der Waals surface area contributed by atoms with Crippen LogP contribution in [0.1, 0.15) is 23.4 Å². The Morgan fingerprint density at radius 3 is 2.83 bits per heavy atom. The highest BCUT2D eigenvalue weighted by Gasteiger charge is 2.14. The molecule has 0 saturated heterocycles. The molecule has 0 spiro atoms. The summed E-state index contributed by atoms with van der Waals surface area (Å²) < 4.78 is 14.5. The molecule has 1 N–H and O–H groups in total. The van der Waals surface area contributed by atoms with E-state index in [4.69, 9.17) is 5.26 Å². The quantitative estimate of drug-likeness (QED) is 0.888. The summed E-state index contributed by atoms with van der Waals surface area (Å²) in [4.78, 5) is 1.11. The van der Waals surface area contributed by atoms with Gasteiger partial charge in [-0.2, -0.15) is 5.26 Å². The maximum absolute atomic E-state index is 13.5. The van der Waals surface area contributed by atoms with Crippen molar-refractivity contribution in [3.05, 3.63) is 50.4 Å². The lowest BCUT2D eigenvalue weighted by Crippen LogP contribution is -2.07. The molecule has 1 aromatic carbocycles. The molecule has 0 fully saturated rings. The van der Waals surface area contributed by atoms with Crippen LogP contribution in [0.25, 0.3) is 0 Å². The van der Waals surface area contributed by atoms with Gasteiger partial charge in [0, 0.05) is 9.35 Å². The van der Waals surface area contributed by atoms with Crippen LogP contribution in [0.3, 0.4) is 0 Å². The van der Waals surface area contributed by atoms with Gasteiger partial charge in [-0.05, 0) is 46.4 Å². The molecular formula is C13H10BrFN2S. The molecule has 1 atom stereocenters. The fourth-order valence-electron chi connectivity index (χ4n) is 1.67. The van der Waals surface area contributed by atoms with Crippen LogP contribution >= 0.6 is 27.3 Å². The number of benzene rings is 1. The Bertz CT molecular complexity index is 603. The summed E-state index contributed by atoms with van der Waals surface area (Å²) in [5, 5.41) is 14.1. The van der Waals surface area contributed by atoms with E-state index in [-0.39, 0.29) is 11.6 Å². The van der Waals surface area contributed by atoms with Crippen LogP contribution in [0.2, 0.25) is 0 Å². The molecule has 0 radical (unpaired) electrons. The lowest BCUT2D eigenvalue weighted by Gasteiger charge is -2.15. The van der Waals surface area contributed by atoms with E-state index in [0.29, 0.717) is 5.69 Å². The first-order valence-electron chi connectivity index (χ1n) is 5.31. The fraction of sp³-hybridized carbons (Fsp3) is 0.154. The van der Waals surface area contributed by atoms with E-state index in [9.17, 15) is 4.39 Å². The van der Waals surface area contributed by atoms with Crippen LogP contribution in [0.4, 0.5) is 10.1 Å². The molecule has 5 heteroatoms. The van der Waals surface area contributed by atoms with Gasteiger partial charge in [0.15, 0.2) is 0 Å². The van der Waals surface area contributed by atoms with Crippen molar-refractivity contribution in [1.82, 2.24) is 0 Å². The first-order valence-corrected chi connectivity index (χ1v) is 6.98. The van der Waals surface area contributed by atoms with E-state index >= 15 is 0 Å². The maximum Gasteiger partial charge on any atom is 0.143 e. The number of nitriles is 1. The summed E-state index contributed by atoms with van der Waals surface area (Å²) in [5.74, 6) is -0.500. The number of rotatable bonds is 3. The summed E-state index contributed by atoms with van der Waals surface area (Å²) >= 11 is 5.07.